The van der Waals surface area contributed by atoms with Crippen molar-refractivity contribution >= 4 is 29.9 Å². The maximum atomic E-state index is 5.98. The van der Waals surface area contributed by atoms with E-state index >= 15 is 0 Å². The van der Waals surface area contributed by atoms with Crippen LogP contribution in [0.2, 0.25) is 0 Å². The molecule has 1 fully saturated rings. The highest BCUT2D eigenvalue weighted by molar-refractivity contribution is 14.0. The molecule has 166 valence electrons. The van der Waals surface area contributed by atoms with Crippen LogP contribution >= 0.6 is 24.0 Å². The average molecular weight is 535 g/mol. The summed E-state index contributed by atoms with van der Waals surface area (Å²) in [6, 6.07) is 8.57. The molecule has 0 spiro atoms. The van der Waals surface area contributed by atoms with Gasteiger partial charge in [0.2, 0.25) is 0 Å². The second kappa shape index (κ2) is 11.3. The second-order valence-electron chi connectivity index (χ2n) is 7.48. The lowest BCUT2D eigenvalue weighted by Crippen LogP contribution is -2.48. The molecule has 0 radical (unpaired) electrons. The predicted molar refractivity (Wildman–Crippen MR) is 131 cm³/mol. The first-order valence-corrected chi connectivity index (χ1v) is 10.4. The monoisotopic (exact) mass is 535 g/mol. The Morgan fingerprint density at radius 1 is 1.32 bits per heavy atom. The molecule has 1 atom stereocenters. The molecule has 1 N–H and O–H groups in total. The van der Waals surface area contributed by atoms with Gasteiger partial charge in [-0.3, -0.25) is 4.68 Å². The minimum Gasteiger partial charge on any atom is -0.370 e. The standard InChI is InChI=1S/C22H29N7O.HI/c1-3-24-22(29-9-10-30-21(16-29)20-13-26-27(2)15-20)25-12-18-5-4-6-19(11-18)14-28-8-7-23-17-28;/h4-8,11,13,15,17,21H,3,9-10,12,14,16H2,1-2H3,(H,24,25);1H. The Hall–Kier alpha value is -2.40. The van der Waals surface area contributed by atoms with E-state index in [0.29, 0.717) is 13.2 Å². The quantitative estimate of drug-likeness (QED) is 0.299. The summed E-state index contributed by atoms with van der Waals surface area (Å²) in [6.45, 7) is 6.63. The highest BCUT2D eigenvalue weighted by Crippen LogP contribution is 2.21. The van der Waals surface area contributed by atoms with Gasteiger partial charge in [0.15, 0.2) is 5.96 Å². The zero-order chi connectivity index (χ0) is 20.8. The topological polar surface area (TPSA) is 72.5 Å². The molecule has 3 heterocycles. The van der Waals surface area contributed by atoms with Crippen molar-refractivity contribution in [1.82, 2.24) is 29.5 Å². The van der Waals surface area contributed by atoms with Gasteiger partial charge in [0.25, 0.3) is 0 Å². The molecule has 9 heteroatoms. The fraction of sp³-hybridized carbons (Fsp3) is 0.409. The number of hydrogen-bond donors (Lipinski definition) is 1. The minimum atomic E-state index is 0. The van der Waals surface area contributed by atoms with Gasteiger partial charge < -0.3 is 19.5 Å². The molecule has 0 aliphatic carbocycles. The van der Waals surface area contributed by atoms with Crippen LogP contribution in [0.25, 0.3) is 0 Å². The molecule has 1 aliphatic rings. The zero-order valence-electron chi connectivity index (χ0n) is 18.0. The van der Waals surface area contributed by atoms with Gasteiger partial charge >= 0.3 is 0 Å². The molecule has 4 rings (SSSR count). The van der Waals surface area contributed by atoms with Gasteiger partial charge in [0.05, 0.1) is 32.2 Å². The maximum absolute atomic E-state index is 5.98. The molecule has 2 aromatic heterocycles. The SMILES string of the molecule is CCNC(=NCc1cccc(Cn2ccnc2)c1)N1CCOC(c2cnn(C)c2)C1.I. The Labute approximate surface area is 200 Å². The van der Waals surface area contributed by atoms with Gasteiger partial charge in [-0.15, -0.1) is 24.0 Å². The van der Waals surface area contributed by atoms with Gasteiger partial charge in [-0.05, 0) is 18.1 Å². The molecule has 31 heavy (non-hydrogen) atoms. The van der Waals surface area contributed by atoms with E-state index in [0.717, 1.165) is 37.7 Å². The first-order chi connectivity index (χ1) is 14.7. The van der Waals surface area contributed by atoms with Gasteiger partial charge in [0, 0.05) is 50.8 Å². The number of ether oxygens (including phenoxy) is 1. The molecule has 3 aromatic rings. The van der Waals surface area contributed by atoms with Gasteiger partial charge in [-0.1, -0.05) is 24.3 Å². The molecule has 1 unspecified atom stereocenters. The normalized spacial score (nSPS) is 16.8. The lowest BCUT2D eigenvalue weighted by atomic mass is 10.1. The number of imidazole rings is 1. The van der Waals surface area contributed by atoms with E-state index in [1.54, 1.807) is 6.20 Å². The summed E-state index contributed by atoms with van der Waals surface area (Å²) in [7, 11) is 1.93. The number of aromatic nitrogens is 4. The molecule has 0 amide bonds. The largest absolute Gasteiger partial charge is 0.370 e. The second-order valence-corrected chi connectivity index (χ2v) is 7.48. The number of nitrogens with zero attached hydrogens (tertiary/aromatic N) is 6. The van der Waals surface area contributed by atoms with E-state index in [4.69, 9.17) is 9.73 Å². The number of aryl methyl sites for hydroxylation is 1. The summed E-state index contributed by atoms with van der Waals surface area (Å²) < 4.78 is 9.86. The van der Waals surface area contributed by atoms with Crippen LogP contribution in [0.3, 0.4) is 0 Å². The first-order valence-electron chi connectivity index (χ1n) is 10.4. The number of rotatable bonds is 6. The fourth-order valence-electron chi connectivity index (χ4n) is 3.66. The summed E-state index contributed by atoms with van der Waals surface area (Å²) in [5.74, 6) is 0.926. The first kappa shape index (κ1) is 23.3. The van der Waals surface area contributed by atoms with Crippen LogP contribution in [0.15, 0.2) is 60.4 Å². The number of nitrogens with one attached hydrogen (secondary N) is 1. The van der Waals surface area contributed by atoms with Crippen molar-refractivity contribution in [3.8, 4) is 0 Å². The third kappa shape index (κ3) is 6.30. The van der Waals surface area contributed by atoms with Crippen molar-refractivity contribution in [3.63, 3.8) is 0 Å². The molecule has 1 saturated heterocycles. The molecule has 0 saturated carbocycles. The third-order valence-electron chi connectivity index (χ3n) is 5.12. The molecular weight excluding hydrogens is 505 g/mol. The highest BCUT2D eigenvalue weighted by atomic mass is 127. The molecule has 8 nitrogen and oxygen atoms in total. The Kier molecular flexibility index (Phi) is 8.47. The van der Waals surface area contributed by atoms with Gasteiger partial charge in [-0.2, -0.15) is 5.10 Å². The number of guanidine groups is 1. The third-order valence-corrected chi connectivity index (χ3v) is 5.12. The highest BCUT2D eigenvalue weighted by Gasteiger charge is 2.25. The summed E-state index contributed by atoms with van der Waals surface area (Å²) in [5, 5.41) is 7.71. The van der Waals surface area contributed by atoms with E-state index < -0.39 is 0 Å². The Morgan fingerprint density at radius 2 is 2.19 bits per heavy atom. The molecular formula is C22H30IN7O. The molecule has 1 aliphatic heterocycles. The lowest BCUT2D eigenvalue weighted by Gasteiger charge is -2.34. The number of benzene rings is 1. The number of halogens is 1. The summed E-state index contributed by atoms with van der Waals surface area (Å²) in [4.78, 5) is 11.3. The zero-order valence-corrected chi connectivity index (χ0v) is 20.3. The number of morpholine rings is 1. The van der Waals surface area contributed by atoms with Crippen molar-refractivity contribution in [2.75, 3.05) is 26.2 Å². The van der Waals surface area contributed by atoms with Gasteiger partial charge in [0.1, 0.15) is 6.10 Å². The summed E-state index contributed by atoms with van der Waals surface area (Å²) in [5.41, 5.74) is 3.54. The summed E-state index contributed by atoms with van der Waals surface area (Å²) in [6.07, 6.45) is 9.53. The van der Waals surface area contributed by atoms with Crippen molar-refractivity contribution < 1.29 is 4.74 Å². The van der Waals surface area contributed by atoms with E-state index in [9.17, 15) is 0 Å². The number of hydrogen-bond acceptors (Lipinski definition) is 4. The van der Waals surface area contributed by atoms with Crippen LogP contribution in [-0.4, -0.2) is 56.4 Å². The fourth-order valence-corrected chi connectivity index (χ4v) is 3.66. The van der Waals surface area contributed by atoms with Crippen LogP contribution < -0.4 is 5.32 Å². The van der Waals surface area contributed by atoms with Crippen molar-refractivity contribution in [3.05, 3.63) is 72.1 Å². The average Bonchev–Trinajstić information content (AvgIpc) is 3.43. The lowest BCUT2D eigenvalue weighted by molar-refractivity contribution is -0.00805. The van der Waals surface area contributed by atoms with E-state index in [1.165, 1.54) is 11.1 Å². The van der Waals surface area contributed by atoms with Crippen molar-refractivity contribution in [2.45, 2.75) is 26.1 Å². The predicted octanol–water partition coefficient (Wildman–Crippen LogP) is 2.82. The minimum absolute atomic E-state index is 0. The number of aliphatic imine (C=N–C) groups is 1. The van der Waals surface area contributed by atoms with E-state index in [1.807, 2.05) is 36.6 Å². The van der Waals surface area contributed by atoms with E-state index in [2.05, 4.69) is 56.1 Å². The Morgan fingerprint density at radius 3 is 2.94 bits per heavy atom. The van der Waals surface area contributed by atoms with Crippen molar-refractivity contribution in [1.29, 1.82) is 0 Å². The molecule has 0 bridgehead atoms. The van der Waals surface area contributed by atoms with Crippen molar-refractivity contribution in [2.24, 2.45) is 12.0 Å². The Bertz CT molecular complexity index is 970. The van der Waals surface area contributed by atoms with Crippen LogP contribution in [0.5, 0.6) is 0 Å². The van der Waals surface area contributed by atoms with Crippen LogP contribution in [0, 0.1) is 0 Å². The van der Waals surface area contributed by atoms with Crippen LogP contribution in [-0.2, 0) is 24.9 Å². The molecule has 1 aromatic carbocycles. The van der Waals surface area contributed by atoms with Crippen LogP contribution in [0.4, 0.5) is 0 Å². The van der Waals surface area contributed by atoms with Crippen LogP contribution in [0.1, 0.15) is 29.7 Å². The maximum Gasteiger partial charge on any atom is 0.194 e. The summed E-state index contributed by atoms with van der Waals surface area (Å²) >= 11 is 0. The smallest absolute Gasteiger partial charge is 0.194 e. The Balaban J connectivity index is 0.00000272. The van der Waals surface area contributed by atoms with Gasteiger partial charge in [-0.25, -0.2) is 9.98 Å². The van der Waals surface area contributed by atoms with E-state index in [-0.39, 0.29) is 30.1 Å².